The third-order valence-corrected chi connectivity index (χ3v) is 2.76. The summed E-state index contributed by atoms with van der Waals surface area (Å²) in [6, 6.07) is 7.85. The quantitative estimate of drug-likeness (QED) is 0.476. The van der Waals surface area contributed by atoms with Gasteiger partial charge in [-0.15, -0.1) is 0 Å². The van der Waals surface area contributed by atoms with Crippen LogP contribution in [0.3, 0.4) is 0 Å². The fraction of sp³-hybridized carbons (Fsp3) is 0.250. The maximum Gasteiger partial charge on any atom is 0.216 e. The van der Waals surface area contributed by atoms with E-state index in [-0.39, 0.29) is 14.6 Å². The molecule has 0 saturated carbocycles. The van der Waals surface area contributed by atoms with E-state index in [9.17, 15) is 0 Å². The van der Waals surface area contributed by atoms with Crippen LogP contribution >= 0.6 is 20.6 Å². The van der Waals surface area contributed by atoms with Crippen molar-refractivity contribution in [3.05, 3.63) is 29.8 Å². The molecule has 1 aliphatic heterocycles. The Balaban J connectivity index is 2.31. The Morgan fingerprint density at radius 1 is 1.42 bits per heavy atom. The molecule has 0 bridgehead atoms. The maximum atomic E-state index is 5.85. The average Bonchev–Trinajstić information content (AvgIpc) is 2.25. The largest absolute Gasteiger partial charge is 0.449 e. The van der Waals surface area contributed by atoms with Gasteiger partial charge in [-0.1, -0.05) is 29.8 Å². The Morgan fingerprint density at radius 2 is 2.25 bits per heavy atom. The lowest BCUT2D eigenvalue weighted by Crippen LogP contribution is -2.00. The first-order valence-corrected chi connectivity index (χ1v) is 4.91. The second kappa shape index (κ2) is 3.61. The van der Waals surface area contributed by atoms with Gasteiger partial charge in [-0.3, -0.25) is 0 Å². The summed E-state index contributed by atoms with van der Waals surface area (Å²) in [5.74, 6) is 0.888. The van der Waals surface area contributed by atoms with Gasteiger partial charge in [0.25, 0.3) is 0 Å². The van der Waals surface area contributed by atoms with Gasteiger partial charge in [0.1, 0.15) is 11.3 Å². The molecule has 4 heteroatoms. The van der Waals surface area contributed by atoms with Gasteiger partial charge in [-0.05, 0) is 11.6 Å². The molecule has 2 unspecified atom stereocenters. The monoisotopic (exact) mass is 202 g/mol. The molecule has 12 heavy (non-hydrogen) atoms. The third-order valence-electron chi connectivity index (χ3n) is 1.68. The van der Waals surface area contributed by atoms with Crippen molar-refractivity contribution in [3.8, 4) is 5.75 Å². The lowest BCUT2D eigenvalue weighted by Gasteiger charge is -2.02. The van der Waals surface area contributed by atoms with Crippen molar-refractivity contribution in [2.24, 2.45) is 0 Å². The lowest BCUT2D eigenvalue weighted by atomic mass is 10.1. The predicted molar refractivity (Wildman–Crippen MR) is 49.8 cm³/mol. The molecule has 1 aliphatic rings. The van der Waals surface area contributed by atoms with Crippen LogP contribution in [0.2, 0.25) is 0 Å². The van der Waals surface area contributed by atoms with Gasteiger partial charge in [-0.2, -0.15) is 0 Å². The third kappa shape index (κ3) is 1.71. The molecule has 0 radical (unpaired) electrons. The Kier molecular flexibility index (Phi) is 2.50. The molecule has 1 heterocycles. The van der Waals surface area contributed by atoms with E-state index in [0.29, 0.717) is 6.42 Å². The zero-order valence-corrected chi connectivity index (χ0v) is 8.04. The van der Waals surface area contributed by atoms with Crippen molar-refractivity contribution >= 4 is 20.6 Å². The Morgan fingerprint density at radius 3 is 3.17 bits per heavy atom. The van der Waals surface area contributed by atoms with E-state index >= 15 is 0 Å². The van der Waals surface area contributed by atoms with Crippen molar-refractivity contribution in [2.45, 2.75) is 12.0 Å². The van der Waals surface area contributed by atoms with Crippen LogP contribution in [0.4, 0.5) is 0 Å². The van der Waals surface area contributed by atoms with E-state index in [1.54, 1.807) is 0 Å². The lowest BCUT2D eigenvalue weighted by molar-refractivity contribution is 0.307. The van der Waals surface area contributed by atoms with Crippen molar-refractivity contribution in [1.29, 1.82) is 0 Å². The normalized spacial score (nSPS) is 24.2. The zero-order chi connectivity index (χ0) is 8.39. The first kappa shape index (κ1) is 8.31. The molecule has 2 nitrogen and oxygen atoms in total. The van der Waals surface area contributed by atoms with E-state index in [1.165, 1.54) is 0 Å². The average molecular weight is 203 g/mol. The Hall–Kier alpha value is -0.300. The number of benzene rings is 1. The summed E-state index contributed by atoms with van der Waals surface area (Å²) in [4.78, 5) is 0. The van der Waals surface area contributed by atoms with Gasteiger partial charge in [0.15, 0.2) is 0 Å². The first-order valence-electron chi connectivity index (χ1n) is 3.66. The van der Waals surface area contributed by atoms with Crippen LogP contribution in [0, 0.1) is 0 Å². The Labute approximate surface area is 77.8 Å². The molecule has 0 N–H and O–H groups in total. The highest BCUT2D eigenvalue weighted by Gasteiger charge is 2.14. The number of hydrogen-bond acceptors (Lipinski definition) is 2. The number of halogens is 1. The molecular weight excluding hydrogens is 195 g/mol. The summed E-state index contributed by atoms with van der Waals surface area (Å²) in [5.41, 5.74) is 0.856. The highest BCUT2D eigenvalue weighted by atomic mass is 35.5. The molecular formula is C8H8ClO2P. The molecule has 0 saturated heterocycles. The standard InChI is InChI=1S/C8H8ClO2P/c9-8-5-6-3-1-2-4-7(6)10-12-11-8/h1-4,8,12H,5H2. The van der Waals surface area contributed by atoms with Gasteiger partial charge in [0, 0.05) is 6.42 Å². The fourth-order valence-corrected chi connectivity index (χ4v) is 1.91. The maximum absolute atomic E-state index is 5.85. The molecule has 2 rings (SSSR count). The Bertz CT molecular complexity index is 280. The molecule has 0 aliphatic carbocycles. The van der Waals surface area contributed by atoms with E-state index in [2.05, 4.69) is 0 Å². The molecule has 0 fully saturated rings. The summed E-state index contributed by atoms with van der Waals surface area (Å²) in [6.07, 6.45) is 0.713. The molecule has 1 aromatic rings. The smallest absolute Gasteiger partial charge is 0.216 e. The topological polar surface area (TPSA) is 18.5 Å². The SMILES string of the molecule is ClC1Cc2ccccc2OPO1. The van der Waals surface area contributed by atoms with Crippen LogP contribution in [0.25, 0.3) is 0 Å². The summed E-state index contributed by atoms with van der Waals surface area (Å²) in [5, 5.41) is 0. The summed E-state index contributed by atoms with van der Waals surface area (Å²) in [6.45, 7) is 0. The van der Waals surface area contributed by atoms with Crippen LogP contribution in [0.1, 0.15) is 5.56 Å². The first-order chi connectivity index (χ1) is 5.86. The summed E-state index contributed by atoms with van der Waals surface area (Å²) in [7, 11) is 0.0101. The molecule has 0 spiro atoms. The van der Waals surface area contributed by atoms with Gasteiger partial charge >= 0.3 is 0 Å². The molecule has 0 amide bonds. The van der Waals surface area contributed by atoms with Crippen molar-refractivity contribution in [2.75, 3.05) is 0 Å². The molecule has 2 atom stereocenters. The van der Waals surface area contributed by atoms with Crippen molar-refractivity contribution in [3.63, 3.8) is 0 Å². The van der Waals surface area contributed by atoms with Gasteiger partial charge in [0.05, 0.1) is 0 Å². The fourth-order valence-electron chi connectivity index (χ4n) is 1.11. The van der Waals surface area contributed by atoms with Crippen molar-refractivity contribution < 1.29 is 9.05 Å². The minimum atomic E-state index is -0.257. The number of fused-ring (bicyclic) bond motifs is 1. The van der Waals surface area contributed by atoms with Gasteiger partial charge in [-0.25, -0.2) is 0 Å². The van der Waals surface area contributed by atoms with Crippen LogP contribution < -0.4 is 4.52 Å². The minimum absolute atomic E-state index is 0.0101. The van der Waals surface area contributed by atoms with Gasteiger partial charge in [0.2, 0.25) is 9.03 Å². The summed E-state index contributed by atoms with van der Waals surface area (Å²) < 4.78 is 10.5. The second-order valence-electron chi connectivity index (χ2n) is 2.53. The van der Waals surface area contributed by atoms with Crippen molar-refractivity contribution in [1.82, 2.24) is 0 Å². The second-order valence-corrected chi connectivity index (χ2v) is 3.62. The number of rotatable bonds is 0. The van der Waals surface area contributed by atoms with Gasteiger partial charge < -0.3 is 9.05 Å². The molecule has 64 valence electrons. The van der Waals surface area contributed by atoms with Crippen LogP contribution in [-0.4, -0.2) is 5.56 Å². The van der Waals surface area contributed by atoms with E-state index in [0.717, 1.165) is 11.3 Å². The van der Waals surface area contributed by atoms with E-state index < -0.39 is 0 Å². The van der Waals surface area contributed by atoms with E-state index in [1.807, 2.05) is 24.3 Å². The minimum Gasteiger partial charge on any atom is -0.449 e. The van der Waals surface area contributed by atoms with Crippen LogP contribution in [0.5, 0.6) is 5.75 Å². The van der Waals surface area contributed by atoms with Crippen LogP contribution in [-0.2, 0) is 10.9 Å². The molecule has 1 aromatic carbocycles. The number of hydrogen-bond donors (Lipinski definition) is 0. The highest BCUT2D eigenvalue weighted by Crippen LogP contribution is 2.33. The van der Waals surface area contributed by atoms with Crippen LogP contribution in [0.15, 0.2) is 24.3 Å². The highest BCUT2D eigenvalue weighted by molar-refractivity contribution is 7.26. The number of para-hydroxylation sites is 1. The van der Waals surface area contributed by atoms with E-state index in [4.69, 9.17) is 20.6 Å². The predicted octanol–water partition coefficient (Wildman–Crippen LogP) is 2.71. The number of alkyl halides is 1. The summed E-state index contributed by atoms with van der Waals surface area (Å²) >= 11 is 5.85. The molecule has 0 aromatic heterocycles. The zero-order valence-electron chi connectivity index (χ0n) is 6.29.